The molecule has 0 aliphatic rings. The molecule has 0 atom stereocenters. The Balaban J connectivity index is 1.72. The molecule has 0 aliphatic heterocycles. The summed E-state index contributed by atoms with van der Waals surface area (Å²) >= 11 is 3.45. The molecule has 0 radical (unpaired) electrons. The number of nitrogens with one attached hydrogen (secondary N) is 1. The summed E-state index contributed by atoms with van der Waals surface area (Å²) in [6, 6.07) is 15.6. The number of imidazole rings is 1. The Kier molecular flexibility index (Phi) is 5.05. The molecule has 3 aromatic rings. The number of carbonyl (C=O) groups is 1. The van der Waals surface area contributed by atoms with Crippen LogP contribution in [0.5, 0.6) is 0 Å². The van der Waals surface area contributed by atoms with Crippen LogP contribution in [0.2, 0.25) is 0 Å². The van der Waals surface area contributed by atoms with Gasteiger partial charge in [0.05, 0.1) is 23.1 Å². The van der Waals surface area contributed by atoms with Crippen molar-refractivity contribution in [3.63, 3.8) is 0 Å². The van der Waals surface area contributed by atoms with E-state index in [2.05, 4.69) is 31.4 Å². The molecule has 1 heterocycles. The second-order valence-electron chi connectivity index (χ2n) is 5.32. The fourth-order valence-corrected chi connectivity index (χ4v) is 2.87. The first-order valence-electron chi connectivity index (χ1n) is 7.68. The number of aromatic nitrogens is 2. The van der Waals surface area contributed by atoms with E-state index in [-0.39, 0.29) is 12.5 Å². The van der Waals surface area contributed by atoms with Gasteiger partial charge < -0.3 is 4.57 Å². The minimum atomic E-state index is -0.181. The van der Waals surface area contributed by atoms with Crippen LogP contribution in [0, 0.1) is 0 Å². The number of hydrazone groups is 1. The Morgan fingerprint density at radius 1 is 1.25 bits per heavy atom. The number of para-hydroxylation sites is 2. The van der Waals surface area contributed by atoms with Gasteiger partial charge in [-0.05, 0) is 36.2 Å². The van der Waals surface area contributed by atoms with E-state index in [0.29, 0.717) is 0 Å². The first-order valence-corrected chi connectivity index (χ1v) is 8.48. The molecule has 2 aromatic carbocycles. The van der Waals surface area contributed by atoms with Crippen molar-refractivity contribution in [2.45, 2.75) is 19.9 Å². The van der Waals surface area contributed by atoms with Crippen molar-refractivity contribution >= 4 is 38.6 Å². The van der Waals surface area contributed by atoms with Crippen LogP contribution in [0.3, 0.4) is 0 Å². The Morgan fingerprint density at radius 2 is 2.08 bits per heavy atom. The van der Waals surface area contributed by atoms with Crippen LogP contribution in [0.25, 0.3) is 11.0 Å². The topological polar surface area (TPSA) is 59.3 Å². The zero-order valence-corrected chi connectivity index (χ0v) is 14.8. The van der Waals surface area contributed by atoms with Gasteiger partial charge in [-0.15, -0.1) is 0 Å². The van der Waals surface area contributed by atoms with Gasteiger partial charge in [0.2, 0.25) is 0 Å². The standard InChI is InChI=1S/C18H17BrN4O/c1-2-15(13-6-5-7-14(19)10-13)21-22-18(24)11-23-12-20-16-8-3-4-9-17(16)23/h3-10,12H,2,11H2,1H3,(H,22,24)/b21-15-. The molecular formula is C18H17BrN4O. The van der Waals surface area contributed by atoms with Crippen molar-refractivity contribution in [1.29, 1.82) is 0 Å². The zero-order chi connectivity index (χ0) is 16.9. The largest absolute Gasteiger partial charge is 0.321 e. The molecule has 122 valence electrons. The number of hydrogen-bond acceptors (Lipinski definition) is 3. The lowest BCUT2D eigenvalue weighted by atomic mass is 10.1. The molecule has 0 saturated heterocycles. The molecule has 6 heteroatoms. The molecule has 0 aliphatic carbocycles. The molecule has 3 rings (SSSR count). The van der Waals surface area contributed by atoms with Crippen molar-refractivity contribution in [2.24, 2.45) is 5.10 Å². The second-order valence-corrected chi connectivity index (χ2v) is 6.23. The third kappa shape index (κ3) is 3.71. The van der Waals surface area contributed by atoms with Crippen LogP contribution >= 0.6 is 15.9 Å². The van der Waals surface area contributed by atoms with Crippen LogP contribution in [-0.4, -0.2) is 21.2 Å². The molecule has 0 unspecified atom stereocenters. The summed E-state index contributed by atoms with van der Waals surface area (Å²) in [5.41, 5.74) is 6.26. The number of benzene rings is 2. The average Bonchev–Trinajstić information content (AvgIpc) is 2.99. The average molecular weight is 385 g/mol. The Hall–Kier alpha value is -2.47. The minimum Gasteiger partial charge on any atom is -0.321 e. The summed E-state index contributed by atoms with van der Waals surface area (Å²) < 4.78 is 2.79. The van der Waals surface area contributed by atoms with E-state index in [1.807, 2.05) is 60.0 Å². The minimum absolute atomic E-state index is 0.180. The molecule has 1 aromatic heterocycles. The Bertz CT molecular complexity index is 901. The fourth-order valence-electron chi connectivity index (χ4n) is 2.47. The number of nitrogens with zero attached hydrogens (tertiary/aromatic N) is 3. The summed E-state index contributed by atoms with van der Waals surface area (Å²) in [4.78, 5) is 16.5. The van der Waals surface area contributed by atoms with Gasteiger partial charge in [-0.25, -0.2) is 10.4 Å². The van der Waals surface area contributed by atoms with E-state index in [0.717, 1.165) is 33.2 Å². The summed E-state index contributed by atoms with van der Waals surface area (Å²) in [5.74, 6) is -0.181. The molecule has 0 saturated carbocycles. The molecule has 0 spiro atoms. The van der Waals surface area contributed by atoms with Crippen LogP contribution in [0.1, 0.15) is 18.9 Å². The third-order valence-corrected chi connectivity index (χ3v) is 4.14. The highest BCUT2D eigenvalue weighted by molar-refractivity contribution is 9.10. The zero-order valence-electron chi connectivity index (χ0n) is 13.2. The predicted octanol–water partition coefficient (Wildman–Crippen LogP) is 3.73. The molecule has 1 amide bonds. The van der Waals surface area contributed by atoms with E-state index >= 15 is 0 Å². The number of carbonyl (C=O) groups excluding carboxylic acids is 1. The quantitative estimate of drug-likeness (QED) is 0.538. The lowest BCUT2D eigenvalue weighted by molar-refractivity contribution is -0.121. The van der Waals surface area contributed by atoms with E-state index < -0.39 is 0 Å². The van der Waals surface area contributed by atoms with Gasteiger partial charge in [0.1, 0.15) is 6.54 Å². The molecule has 0 fully saturated rings. The summed E-state index contributed by atoms with van der Waals surface area (Å²) in [6.07, 6.45) is 2.40. The van der Waals surface area contributed by atoms with E-state index in [9.17, 15) is 4.79 Å². The highest BCUT2D eigenvalue weighted by Gasteiger charge is 2.07. The maximum atomic E-state index is 12.2. The molecular weight excluding hydrogens is 368 g/mol. The normalized spacial score (nSPS) is 11.7. The van der Waals surface area contributed by atoms with Crippen molar-refractivity contribution in [2.75, 3.05) is 0 Å². The summed E-state index contributed by atoms with van der Waals surface area (Å²) in [6.45, 7) is 2.19. The van der Waals surface area contributed by atoms with E-state index in [1.54, 1.807) is 6.33 Å². The van der Waals surface area contributed by atoms with E-state index in [4.69, 9.17) is 0 Å². The number of hydrogen-bond donors (Lipinski definition) is 1. The number of amides is 1. The fraction of sp³-hybridized carbons (Fsp3) is 0.167. The highest BCUT2D eigenvalue weighted by Crippen LogP contribution is 2.14. The van der Waals surface area contributed by atoms with E-state index in [1.165, 1.54) is 0 Å². The predicted molar refractivity (Wildman–Crippen MR) is 98.8 cm³/mol. The Labute approximate surface area is 148 Å². The van der Waals surface area contributed by atoms with Crippen molar-refractivity contribution < 1.29 is 4.79 Å². The molecule has 1 N–H and O–H groups in total. The smallest absolute Gasteiger partial charge is 0.260 e. The maximum absolute atomic E-state index is 12.2. The number of fused-ring (bicyclic) bond motifs is 1. The third-order valence-electron chi connectivity index (χ3n) is 3.65. The highest BCUT2D eigenvalue weighted by atomic mass is 79.9. The van der Waals surface area contributed by atoms with Gasteiger partial charge >= 0.3 is 0 Å². The number of halogens is 1. The first kappa shape index (κ1) is 16.4. The SMILES string of the molecule is CC/C(=N/NC(=O)Cn1cnc2ccccc21)c1cccc(Br)c1. The molecule has 5 nitrogen and oxygen atoms in total. The van der Waals surface area contributed by atoms with Gasteiger partial charge in [-0.1, -0.05) is 47.1 Å². The Morgan fingerprint density at radius 3 is 2.88 bits per heavy atom. The first-order chi connectivity index (χ1) is 11.7. The van der Waals surface area contributed by atoms with Gasteiger partial charge in [0.25, 0.3) is 5.91 Å². The van der Waals surface area contributed by atoms with Crippen LogP contribution < -0.4 is 5.43 Å². The van der Waals surface area contributed by atoms with Gasteiger partial charge in [-0.3, -0.25) is 4.79 Å². The van der Waals surface area contributed by atoms with Gasteiger partial charge in [-0.2, -0.15) is 5.10 Å². The van der Waals surface area contributed by atoms with Gasteiger partial charge in [0, 0.05) is 4.47 Å². The summed E-state index contributed by atoms with van der Waals surface area (Å²) in [5, 5.41) is 4.28. The number of rotatable bonds is 5. The van der Waals surface area contributed by atoms with Crippen LogP contribution in [-0.2, 0) is 11.3 Å². The van der Waals surface area contributed by atoms with Crippen LogP contribution in [0.4, 0.5) is 0 Å². The summed E-state index contributed by atoms with van der Waals surface area (Å²) in [7, 11) is 0. The van der Waals surface area contributed by atoms with Crippen molar-refractivity contribution in [3.8, 4) is 0 Å². The second kappa shape index (κ2) is 7.40. The van der Waals surface area contributed by atoms with Crippen molar-refractivity contribution in [1.82, 2.24) is 15.0 Å². The van der Waals surface area contributed by atoms with Crippen LogP contribution in [0.15, 0.2) is 64.4 Å². The lowest BCUT2D eigenvalue weighted by Gasteiger charge is -2.07. The maximum Gasteiger partial charge on any atom is 0.260 e. The van der Waals surface area contributed by atoms with Crippen molar-refractivity contribution in [3.05, 3.63) is 64.9 Å². The van der Waals surface area contributed by atoms with Gasteiger partial charge in [0.15, 0.2) is 0 Å². The molecule has 24 heavy (non-hydrogen) atoms. The lowest BCUT2D eigenvalue weighted by Crippen LogP contribution is -2.24. The monoisotopic (exact) mass is 384 g/mol. The molecule has 0 bridgehead atoms.